The van der Waals surface area contributed by atoms with Gasteiger partial charge in [-0.15, -0.1) is 0 Å². The molecular formula is C24H42O3. The van der Waals surface area contributed by atoms with Crippen LogP contribution in [0.1, 0.15) is 97.5 Å². The van der Waals surface area contributed by atoms with Crippen molar-refractivity contribution in [2.75, 3.05) is 6.61 Å². The van der Waals surface area contributed by atoms with E-state index in [4.69, 9.17) is 4.74 Å². The SMILES string of the molecule is CCCCCCCCC(=O)C(C)(O)OCC.CCCCCc1ccccc1. The highest BCUT2D eigenvalue weighted by atomic mass is 16.6. The van der Waals surface area contributed by atoms with Crippen molar-refractivity contribution >= 4 is 5.78 Å². The zero-order valence-electron chi connectivity index (χ0n) is 18.1. The maximum atomic E-state index is 11.6. The lowest BCUT2D eigenvalue weighted by molar-refractivity contribution is -0.195. The Balaban J connectivity index is 0.000000533. The van der Waals surface area contributed by atoms with Crippen molar-refractivity contribution in [2.45, 2.75) is 104 Å². The summed E-state index contributed by atoms with van der Waals surface area (Å²) in [6.45, 7) is 7.98. The minimum atomic E-state index is -1.59. The van der Waals surface area contributed by atoms with Crippen LogP contribution < -0.4 is 0 Å². The Labute approximate surface area is 167 Å². The number of ether oxygens (including phenoxy) is 1. The van der Waals surface area contributed by atoms with Crippen LogP contribution in [-0.4, -0.2) is 23.3 Å². The van der Waals surface area contributed by atoms with Crippen molar-refractivity contribution in [3.05, 3.63) is 35.9 Å². The van der Waals surface area contributed by atoms with Gasteiger partial charge >= 0.3 is 0 Å². The number of ketones is 1. The molecule has 0 amide bonds. The second-order valence-corrected chi connectivity index (χ2v) is 7.30. The molecule has 0 saturated heterocycles. The van der Waals surface area contributed by atoms with E-state index in [0.717, 1.165) is 12.8 Å². The van der Waals surface area contributed by atoms with Crippen molar-refractivity contribution in [1.29, 1.82) is 0 Å². The Kier molecular flexibility index (Phi) is 16.2. The van der Waals surface area contributed by atoms with E-state index in [-0.39, 0.29) is 5.78 Å². The fourth-order valence-corrected chi connectivity index (χ4v) is 2.88. The third-order valence-electron chi connectivity index (χ3n) is 4.61. The number of carbonyl (C=O) groups excluding carboxylic acids is 1. The first-order valence-electron chi connectivity index (χ1n) is 10.9. The molecule has 1 aromatic rings. The molecule has 3 heteroatoms. The van der Waals surface area contributed by atoms with Crippen LogP contribution in [0.15, 0.2) is 30.3 Å². The lowest BCUT2D eigenvalue weighted by Crippen LogP contribution is -2.38. The normalized spacial score (nSPS) is 12.8. The van der Waals surface area contributed by atoms with Gasteiger partial charge in [-0.1, -0.05) is 89.1 Å². The number of carbonyl (C=O) groups is 1. The highest BCUT2D eigenvalue weighted by molar-refractivity contribution is 5.85. The van der Waals surface area contributed by atoms with Gasteiger partial charge in [0.05, 0.1) is 0 Å². The van der Waals surface area contributed by atoms with E-state index in [0.29, 0.717) is 13.0 Å². The molecule has 0 aromatic heterocycles. The predicted molar refractivity (Wildman–Crippen MR) is 115 cm³/mol. The van der Waals surface area contributed by atoms with Gasteiger partial charge in [-0.2, -0.15) is 0 Å². The third-order valence-corrected chi connectivity index (χ3v) is 4.61. The van der Waals surface area contributed by atoms with Crippen LogP contribution in [0.3, 0.4) is 0 Å². The Hall–Kier alpha value is -1.19. The van der Waals surface area contributed by atoms with Crippen LogP contribution in [0.25, 0.3) is 0 Å². The maximum Gasteiger partial charge on any atom is 0.223 e. The van der Waals surface area contributed by atoms with Crippen molar-refractivity contribution in [1.82, 2.24) is 0 Å². The largest absolute Gasteiger partial charge is 0.360 e. The van der Waals surface area contributed by atoms with E-state index >= 15 is 0 Å². The average Bonchev–Trinajstić information content (AvgIpc) is 2.66. The second-order valence-electron chi connectivity index (χ2n) is 7.30. The van der Waals surface area contributed by atoms with Crippen LogP contribution >= 0.6 is 0 Å². The van der Waals surface area contributed by atoms with Crippen molar-refractivity contribution in [3.63, 3.8) is 0 Å². The number of Topliss-reactive ketones (excluding diaryl/α,β-unsaturated/α-hetero) is 1. The van der Waals surface area contributed by atoms with E-state index in [9.17, 15) is 9.90 Å². The minimum Gasteiger partial charge on any atom is -0.360 e. The highest BCUT2D eigenvalue weighted by Gasteiger charge is 2.29. The number of aryl methyl sites for hydroxylation is 1. The van der Waals surface area contributed by atoms with Crippen molar-refractivity contribution < 1.29 is 14.6 Å². The Morgan fingerprint density at radius 3 is 2.04 bits per heavy atom. The van der Waals surface area contributed by atoms with Gasteiger partial charge in [-0.05, 0) is 38.7 Å². The number of unbranched alkanes of at least 4 members (excludes halogenated alkanes) is 7. The van der Waals surface area contributed by atoms with Gasteiger partial charge in [-0.25, -0.2) is 0 Å². The first kappa shape index (κ1) is 25.8. The molecule has 0 bridgehead atoms. The third kappa shape index (κ3) is 14.5. The zero-order valence-corrected chi connectivity index (χ0v) is 18.1. The fourth-order valence-electron chi connectivity index (χ4n) is 2.88. The molecule has 0 aliphatic heterocycles. The molecule has 1 unspecified atom stereocenters. The monoisotopic (exact) mass is 378 g/mol. The predicted octanol–water partition coefficient (Wildman–Crippen LogP) is 6.47. The van der Waals surface area contributed by atoms with E-state index in [1.807, 2.05) is 0 Å². The smallest absolute Gasteiger partial charge is 0.223 e. The van der Waals surface area contributed by atoms with E-state index in [2.05, 4.69) is 44.2 Å². The van der Waals surface area contributed by atoms with Gasteiger partial charge in [0.15, 0.2) is 5.78 Å². The lowest BCUT2D eigenvalue weighted by Gasteiger charge is -2.21. The number of aliphatic hydroxyl groups is 1. The average molecular weight is 379 g/mol. The molecule has 0 aliphatic carbocycles. The number of hydrogen-bond acceptors (Lipinski definition) is 3. The molecule has 0 fully saturated rings. The molecule has 0 heterocycles. The molecule has 0 saturated carbocycles. The van der Waals surface area contributed by atoms with Crippen LogP contribution in [0, 0.1) is 0 Å². The summed E-state index contributed by atoms with van der Waals surface area (Å²) in [5.41, 5.74) is 1.47. The van der Waals surface area contributed by atoms with E-state index in [1.54, 1.807) is 6.92 Å². The first-order valence-corrected chi connectivity index (χ1v) is 10.9. The van der Waals surface area contributed by atoms with Crippen LogP contribution in [0.2, 0.25) is 0 Å². The van der Waals surface area contributed by atoms with Crippen molar-refractivity contribution in [3.8, 4) is 0 Å². The van der Waals surface area contributed by atoms with Gasteiger partial charge in [0.2, 0.25) is 5.79 Å². The molecule has 3 nitrogen and oxygen atoms in total. The summed E-state index contributed by atoms with van der Waals surface area (Å²) >= 11 is 0. The Bertz CT molecular complexity index is 454. The Morgan fingerprint density at radius 2 is 1.44 bits per heavy atom. The molecule has 1 atom stereocenters. The van der Waals surface area contributed by atoms with E-state index in [1.165, 1.54) is 63.9 Å². The summed E-state index contributed by atoms with van der Waals surface area (Å²) in [7, 11) is 0. The second kappa shape index (κ2) is 16.9. The van der Waals surface area contributed by atoms with Gasteiger partial charge < -0.3 is 9.84 Å². The molecular weight excluding hydrogens is 336 g/mol. The summed E-state index contributed by atoms with van der Waals surface area (Å²) in [6.07, 6.45) is 12.5. The summed E-state index contributed by atoms with van der Waals surface area (Å²) < 4.78 is 4.99. The molecule has 156 valence electrons. The molecule has 0 spiro atoms. The molecule has 0 radical (unpaired) electrons. The molecule has 27 heavy (non-hydrogen) atoms. The molecule has 1 aromatic carbocycles. The van der Waals surface area contributed by atoms with Crippen molar-refractivity contribution in [2.24, 2.45) is 0 Å². The standard InChI is InChI=1S/C13H26O3.C11H16/c1-4-6-7-8-9-10-11-12(14)13(3,15)16-5-2;1-2-3-5-8-11-9-6-4-7-10-11/h15H,4-11H2,1-3H3;4,6-7,9-10H,2-3,5,8H2,1H3. The Morgan fingerprint density at radius 1 is 0.889 bits per heavy atom. The topological polar surface area (TPSA) is 46.5 Å². The molecule has 0 aliphatic rings. The van der Waals surface area contributed by atoms with Crippen LogP contribution in [-0.2, 0) is 16.0 Å². The summed E-state index contributed by atoms with van der Waals surface area (Å²) in [4.78, 5) is 11.6. The number of benzene rings is 1. The minimum absolute atomic E-state index is 0.204. The maximum absolute atomic E-state index is 11.6. The van der Waals surface area contributed by atoms with Crippen LogP contribution in [0.5, 0.6) is 0 Å². The van der Waals surface area contributed by atoms with Gasteiger partial charge in [0, 0.05) is 13.0 Å². The number of rotatable bonds is 14. The summed E-state index contributed by atoms with van der Waals surface area (Å²) in [5, 5.41) is 9.65. The highest BCUT2D eigenvalue weighted by Crippen LogP contribution is 2.14. The molecule has 1 rings (SSSR count). The summed E-state index contributed by atoms with van der Waals surface area (Å²) in [5.74, 6) is -1.79. The summed E-state index contributed by atoms with van der Waals surface area (Å²) in [6, 6.07) is 10.7. The van der Waals surface area contributed by atoms with Gasteiger partial charge in [0.25, 0.3) is 0 Å². The number of hydrogen-bond donors (Lipinski definition) is 1. The van der Waals surface area contributed by atoms with Gasteiger partial charge in [-0.3, -0.25) is 4.79 Å². The fraction of sp³-hybridized carbons (Fsp3) is 0.708. The van der Waals surface area contributed by atoms with E-state index < -0.39 is 5.79 Å². The zero-order chi connectivity index (χ0) is 20.4. The molecule has 1 N–H and O–H groups in total. The quantitative estimate of drug-likeness (QED) is 0.298. The first-order chi connectivity index (χ1) is 13.0. The van der Waals surface area contributed by atoms with Crippen LogP contribution in [0.4, 0.5) is 0 Å². The lowest BCUT2D eigenvalue weighted by atomic mass is 10.0. The van der Waals surface area contributed by atoms with Gasteiger partial charge in [0.1, 0.15) is 0 Å².